The lowest BCUT2D eigenvalue weighted by Crippen LogP contribution is -2.52. The van der Waals surface area contributed by atoms with Gasteiger partial charge in [-0.3, -0.25) is 13.9 Å². The Morgan fingerprint density at radius 2 is 1.83 bits per heavy atom. The van der Waals surface area contributed by atoms with Crippen LogP contribution in [0.3, 0.4) is 0 Å². The summed E-state index contributed by atoms with van der Waals surface area (Å²) >= 11 is 6.35. The first kappa shape index (κ1) is 28.5. The van der Waals surface area contributed by atoms with Crippen LogP contribution in [0.1, 0.15) is 37.8 Å². The summed E-state index contributed by atoms with van der Waals surface area (Å²) in [6, 6.07) is 11.3. The monoisotopic (exact) mass is 523 g/mol. The number of halogens is 1. The van der Waals surface area contributed by atoms with Gasteiger partial charge >= 0.3 is 0 Å². The minimum absolute atomic E-state index is 0.0547. The fraction of sp³-hybridized carbons (Fsp3) is 0.440. The lowest BCUT2D eigenvalue weighted by Gasteiger charge is -2.33. The van der Waals surface area contributed by atoms with Crippen molar-refractivity contribution in [3.8, 4) is 5.75 Å². The Labute approximate surface area is 213 Å². The van der Waals surface area contributed by atoms with Crippen molar-refractivity contribution < 1.29 is 22.7 Å². The number of hydrogen-bond acceptors (Lipinski definition) is 5. The minimum Gasteiger partial charge on any atom is -0.495 e. The van der Waals surface area contributed by atoms with E-state index in [-0.39, 0.29) is 18.1 Å². The van der Waals surface area contributed by atoms with Gasteiger partial charge in [-0.2, -0.15) is 0 Å². The molecule has 2 aromatic rings. The molecule has 0 aliphatic carbocycles. The number of amides is 2. The number of hydrogen-bond donors (Lipinski definition) is 1. The number of aryl methyl sites for hydroxylation is 1. The van der Waals surface area contributed by atoms with Crippen molar-refractivity contribution in [3.05, 3.63) is 58.6 Å². The second-order valence-electron chi connectivity index (χ2n) is 8.27. The molecule has 2 amide bonds. The number of nitrogens with zero attached hydrogens (tertiary/aromatic N) is 2. The normalized spacial score (nSPS) is 12.1. The van der Waals surface area contributed by atoms with Crippen LogP contribution in [0, 0.1) is 6.92 Å². The predicted molar refractivity (Wildman–Crippen MR) is 139 cm³/mol. The van der Waals surface area contributed by atoms with E-state index in [0.29, 0.717) is 29.3 Å². The van der Waals surface area contributed by atoms with E-state index >= 15 is 0 Å². The van der Waals surface area contributed by atoms with Crippen LogP contribution in [0.4, 0.5) is 5.69 Å². The molecule has 0 radical (unpaired) electrons. The fourth-order valence-corrected chi connectivity index (χ4v) is 4.73. The van der Waals surface area contributed by atoms with E-state index in [4.69, 9.17) is 16.3 Å². The Balaban J connectivity index is 2.51. The highest BCUT2D eigenvalue weighted by atomic mass is 35.5. The zero-order valence-electron chi connectivity index (χ0n) is 20.9. The smallest absolute Gasteiger partial charge is 0.244 e. The number of nitrogens with one attached hydrogen (secondary N) is 1. The van der Waals surface area contributed by atoms with Crippen molar-refractivity contribution in [1.29, 1.82) is 0 Å². The molecule has 0 aliphatic rings. The number of anilines is 1. The van der Waals surface area contributed by atoms with Gasteiger partial charge in [-0.05, 0) is 49.1 Å². The maximum atomic E-state index is 13.7. The van der Waals surface area contributed by atoms with Crippen LogP contribution in [-0.2, 0) is 26.2 Å². The summed E-state index contributed by atoms with van der Waals surface area (Å²) in [5.74, 6) is -0.509. The van der Waals surface area contributed by atoms with Gasteiger partial charge in [-0.1, -0.05) is 49.7 Å². The lowest BCUT2D eigenvalue weighted by atomic mass is 10.1. The number of methoxy groups -OCH3 is 1. The van der Waals surface area contributed by atoms with E-state index in [1.54, 1.807) is 49.4 Å². The van der Waals surface area contributed by atoms with Crippen LogP contribution in [-0.4, -0.2) is 57.6 Å². The molecule has 35 heavy (non-hydrogen) atoms. The number of benzene rings is 2. The van der Waals surface area contributed by atoms with E-state index in [1.165, 1.54) is 12.0 Å². The van der Waals surface area contributed by atoms with Gasteiger partial charge in [0.1, 0.15) is 18.3 Å². The number of carbonyl (C=O) groups excluding carboxylic acids is 2. The van der Waals surface area contributed by atoms with E-state index < -0.39 is 28.5 Å². The van der Waals surface area contributed by atoms with Crippen molar-refractivity contribution in [1.82, 2.24) is 10.2 Å². The molecule has 2 aromatic carbocycles. The molecule has 8 nitrogen and oxygen atoms in total. The molecule has 1 atom stereocenters. The Morgan fingerprint density at radius 3 is 2.40 bits per heavy atom. The van der Waals surface area contributed by atoms with Gasteiger partial charge in [0.15, 0.2) is 0 Å². The Morgan fingerprint density at radius 1 is 1.14 bits per heavy atom. The average Bonchev–Trinajstić information content (AvgIpc) is 2.81. The molecular weight excluding hydrogens is 490 g/mol. The molecule has 0 aromatic heterocycles. The summed E-state index contributed by atoms with van der Waals surface area (Å²) in [7, 11) is -2.43. The third-order valence-electron chi connectivity index (χ3n) is 5.52. The Hall–Kier alpha value is -2.78. The average molecular weight is 524 g/mol. The number of carbonyl (C=O) groups is 2. The van der Waals surface area contributed by atoms with Crippen LogP contribution >= 0.6 is 11.6 Å². The molecule has 0 spiro atoms. The van der Waals surface area contributed by atoms with E-state index in [0.717, 1.165) is 22.5 Å². The van der Waals surface area contributed by atoms with Gasteiger partial charge in [0.05, 0.1) is 19.1 Å². The first-order valence-electron chi connectivity index (χ1n) is 11.5. The largest absolute Gasteiger partial charge is 0.495 e. The maximum absolute atomic E-state index is 13.7. The molecule has 0 fully saturated rings. The summed E-state index contributed by atoms with van der Waals surface area (Å²) < 4.78 is 32.0. The molecule has 0 saturated carbocycles. The summed E-state index contributed by atoms with van der Waals surface area (Å²) in [5.41, 5.74) is 1.72. The quantitative estimate of drug-likeness (QED) is 0.457. The SMILES string of the molecule is CCCNC(=O)C(CC)N(Cc1ccccc1Cl)C(=O)CN(c1cc(C)ccc1OC)S(C)(=O)=O. The van der Waals surface area contributed by atoms with Crippen molar-refractivity contribution in [3.63, 3.8) is 0 Å². The van der Waals surface area contributed by atoms with Crippen molar-refractivity contribution in [2.75, 3.05) is 30.8 Å². The number of ether oxygens (including phenoxy) is 1. The topological polar surface area (TPSA) is 96.0 Å². The van der Waals surface area contributed by atoms with Crippen molar-refractivity contribution in [2.45, 2.75) is 46.2 Å². The van der Waals surface area contributed by atoms with Crippen molar-refractivity contribution in [2.24, 2.45) is 0 Å². The molecule has 0 bridgehead atoms. The highest BCUT2D eigenvalue weighted by molar-refractivity contribution is 7.92. The molecule has 0 heterocycles. The van der Waals surface area contributed by atoms with Crippen LogP contribution < -0.4 is 14.4 Å². The second-order valence-corrected chi connectivity index (χ2v) is 10.6. The van der Waals surface area contributed by atoms with Crippen LogP contribution in [0.2, 0.25) is 5.02 Å². The van der Waals surface area contributed by atoms with E-state index in [9.17, 15) is 18.0 Å². The molecular formula is C25H34ClN3O5S. The van der Waals surface area contributed by atoms with Crippen LogP contribution in [0.5, 0.6) is 5.75 Å². The maximum Gasteiger partial charge on any atom is 0.244 e. The van der Waals surface area contributed by atoms with Crippen LogP contribution in [0.15, 0.2) is 42.5 Å². The number of sulfonamides is 1. The molecule has 1 N–H and O–H groups in total. The highest BCUT2D eigenvalue weighted by Gasteiger charge is 2.32. The second kappa shape index (κ2) is 12.8. The molecule has 0 aliphatic heterocycles. The lowest BCUT2D eigenvalue weighted by molar-refractivity contribution is -0.140. The molecule has 2 rings (SSSR count). The van der Waals surface area contributed by atoms with Crippen LogP contribution in [0.25, 0.3) is 0 Å². The predicted octanol–water partition coefficient (Wildman–Crippen LogP) is 3.76. The standard InChI is InChI=1S/C25H34ClN3O5S/c1-6-14-27-25(31)21(7-2)28(16-19-10-8-9-11-20(19)26)24(30)17-29(35(5,32)33)22-15-18(3)12-13-23(22)34-4/h8-13,15,21H,6-7,14,16-17H2,1-5H3,(H,27,31). The van der Waals surface area contributed by atoms with E-state index in [1.807, 2.05) is 13.8 Å². The Kier molecular flexibility index (Phi) is 10.4. The third kappa shape index (κ3) is 7.60. The van der Waals surface area contributed by atoms with Gasteiger partial charge in [0, 0.05) is 18.1 Å². The summed E-state index contributed by atoms with van der Waals surface area (Å²) in [5, 5.41) is 3.30. The van der Waals surface area contributed by atoms with E-state index in [2.05, 4.69) is 5.32 Å². The molecule has 192 valence electrons. The van der Waals surface area contributed by atoms with Gasteiger partial charge in [-0.15, -0.1) is 0 Å². The molecule has 1 unspecified atom stereocenters. The Bertz CT molecular complexity index is 1140. The summed E-state index contributed by atoms with van der Waals surface area (Å²) in [6.45, 7) is 5.59. The fourth-order valence-electron chi connectivity index (χ4n) is 3.69. The summed E-state index contributed by atoms with van der Waals surface area (Å²) in [6.07, 6.45) is 2.12. The van der Waals surface area contributed by atoms with Gasteiger partial charge < -0.3 is 15.0 Å². The van der Waals surface area contributed by atoms with Gasteiger partial charge in [0.25, 0.3) is 0 Å². The zero-order valence-corrected chi connectivity index (χ0v) is 22.4. The van der Waals surface area contributed by atoms with Gasteiger partial charge in [0.2, 0.25) is 21.8 Å². The first-order valence-corrected chi connectivity index (χ1v) is 13.7. The summed E-state index contributed by atoms with van der Waals surface area (Å²) in [4.78, 5) is 28.1. The number of rotatable bonds is 12. The third-order valence-corrected chi connectivity index (χ3v) is 7.01. The highest BCUT2D eigenvalue weighted by Crippen LogP contribution is 2.31. The van der Waals surface area contributed by atoms with Crippen molar-refractivity contribution >= 4 is 39.1 Å². The zero-order chi connectivity index (χ0) is 26.2. The molecule has 0 saturated heterocycles. The first-order chi connectivity index (χ1) is 16.5. The molecule has 10 heteroatoms. The minimum atomic E-state index is -3.86. The van der Waals surface area contributed by atoms with Gasteiger partial charge in [-0.25, -0.2) is 8.42 Å².